The number of hydrogen-bond acceptors (Lipinski definition) is 4. The van der Waals surface area contributed by atoms with E-state index in [0.29, 0.717) is 38.0 Å². The van der Waals surface area contributed by atoms with Crippen LogP contribution in [0.15, 0.2) is 24.3 Å². The Morgan fingerprint density at radius 2 is 1.85 bits per heavy atom. The van der Waals surface area contributed by atoms with E-state index in [1.54, 1.807) is 12.1 Å². The Labute approximate surface area is 153 Å². The molecule has 2 heterocycles. The van der Waals surface area contributed by atoms with Gasteiger partial charge in [-0.1, -0.05) is 17.7 Å². The third kappa shape index (κ3) is 4.24. The highest BCUT2D eigenvalue weighted by molar-refractivity contribution is 6.30. The molecular weight excluding hydrogens is 372 g/mol. The second-order valence-electron chi connectivity index (χ2n) is 6.37. The second kappa shape index (κ2) is 7.36. The maximum atomic E-state index is 13.2. The maximum absolute atomic E-state index is 13.2. The number of anilines is 1. The normalized spacial score (nSPS) is 16.8. The number of nitrogens with two attached hydrogens (primary N) is 1. The van der Waals surface area contributed by atoms with Crippen LogP contribution in [0.2, 0.25) is 5.02 Å². The van der Waals surface area contributed by atoms with E-state index in [1.165, 1.54) is 6.07 Å². The predicted octanol–water partition coefficient (Wildman–Crippen LogP) is 4.25. The van der Waals surface area contributed by atoms with Crippen molar-refractivity contribution < 1.29 is 17.6 Å². The molecular formula is C17H17ClF4N4. The van der Waals surface area contributed by atoms with Gasteiger partial charge in [0.15, 0.2) is 5.69 Å². The summed E-state index contributed by atoms with van der Waals surface area (Å²) < 4.78 is 51.8. The summed E-state index contributed by atoms with van der Waals surface area (Å²) in [6, 6.07) is 5.59. The molecule has 0 spiro atoms. The number of halogens is 5. The number of piperidine rings is 1. The molecule has 0 atom stereocenters. The van der Waals surface area contributed by atoms with Crippen molar-refractivity contribution in [3.05, 3.63) is 51.9 Å². The number of nitrogens with zero attached hydrogens (tertiary/aromatic N) is 3. The first-order valence-electron chi connectivity index (χ1n) is 8.10. The summed E-state index contributed by atoms with van der Waals surface area (Å²) in [5.41, 5.74) is 6.01. The van der Waals surface area contributed by atoms with Crippen LogP contribution in [-0.2, 0) is 12.7 Å². The molecule has 3 rings (SSSR count). The third-order valence-corrected chi connectivity index (χ3v) is 4.85. The van der Waals surface area contributed by atoms with E-state index < -0.39 is 17.7 Å². The van der Waals surface area contributed by atoms with Crippen molar-refractivity contribution in [3.63, 3.8) is 0 Å². The fourth-order valence-corrected chi connectivity index (χ4v) is 3.38. The van der Waals surface area contributed by atoms with Gasteiger partial charge in [-0.15, -0.1) is 10.2 Å². The number of aromatic nitrogens is 2. The number of likely N-dealkylation sites (tertiary alicyclic amines) is 1. The van der Waals surface area contributed by atoms with Crippen molar-refractivity contribution in [1.82, 2.24) is 15.1 Å². The monoisotopic (exact) mass is 388 g/mol. The van der Waals surface area contributed by atoms with Crippen LogP contribution in [0, 0.1) is 5.82 Å². The molecule has 2 N–H and O–H groups in total. The van der Waals surface area contributed by atoms with Gasteiger partial charge in [0.1, 0.15) is 11.6 Å². The van der Waals surface area contributed by atoms with Crippen LogP contribution in [0.25, 0.3) is 0 Å². The first-order chi connectivity index (χ1) is 12.2. The molecule has 0 aliphatic carbocycles. The largest absolute Gasteiger partial charge is 0.435 e. The second-order valence-corrected chi connectivity index (χ2v) is 6.77. The van der Waals surface area contributed by atoms with Gasteiger partial charge in [-0.25, -0.2) is 4.39 Å². The summed E-state index contributed by atoms with van der Waals surface area (Å²) in [7, 11) is 0. The Hall–Kier alpha value is -1.93. The molecule has 9 heteroatoms. The number of hydrogen-bond donors (Lipinski definition) is 1. The summed E-state index contributed by atoms with van der Waals surface area (Å²) in [4.78, 5) is 2.15. The Kier molecular flexibility index (Phi) is 5.34. The molecule has 1 aliphatic rings. The van der Waals surface area contributed by atoms with E-state index in [1.807, 2.05) is 0 Å². The van der Waals surface area contributed by atoms with Crippen LogP contribution in [-0.4, -0.2) is 28.2 Å². The van der Waals surface area contributed by atoms with Gasteiger partial charge in [0.2, 0.25) is 0 Å². The molecule has 140 valence electrons. The Morgan fingerprint density at radius 1 is 1.15 bits per heavy atom. The van der Waals surface area contributed by atoms with E-state index in [4.69, 9.17) is 17.3 Å². The maximum Gasteiger partial charge on any atom is 0.435 e. The van der Waals surface area contributed by atoms with Crippen LogP contribution in [0.5, 0.6) is 0 Å². The molecule has 0 radical (unpaired) electrons. The number of benzene rings is 1. The highest BCUT2D eigenvalue weighted by Gasteiger charge is 2.35. The van der Waals surface area contributed by atoms with Gasteiger partial charge in [0.25, 0.3) is 0 Å². The molecule has 0 amide bonds. The van der Waals surface area contributed by atoms with E-state index in [-0.39, 0.29) is 16.8 Å². The SMILES string of the molecule is Nc1nnc(C(F)(F)F)cc1C1CCN(Cc2ccc(F)c(Cl)c2)CC1. The van der Waals surface area contributed by atoms with E-state index in [2.05, 4.69) is 15.1 Å². The number of nitrogen functional groups attached to an aromatic ring is 1. The molecule has 1 fully saturated rings. The number of rotatable bonds is 3. The molecule has 0 saturated carbocycles. The Morgan fingerprint density at radius 3 is 2.46 bits per heavy atom. The standard InChI is InChI=1S/C17H17ClF4N4/c18-13-7-10(1-2-14(13)19)9-26-5-3-11(4-6-26)12-8-15(17(20,21)22)24-25-16(12)23/h1-2,7-8,11H,3-6,9H2,(H2,23,25). The molecule has 0 unspecified atom stereocenters. The Bertz CT molecular complexity index is 789. The zero-order chi connectivity index (χ0) is 18.9. The van der Waals surface area contributed by atoms with Gasteiger partial charge in [0, 0.05) is 12.1 Å². The van der Waals surface area contributed by atoms with Crippen molar-refractivity contribution >= 4 is 17.4 Å². The predicted molar refractivity (Wildman–Crippen MR) is 90.1 cm³/mol. The van der Waals surface area contributed by atoms with Crippen LogP contribution in [0.3, 0.4) is 0 Å². The van der Waals surface area contributed by atoms with Crippen LogP contribution in [0.4, 0.5) is 23.4 Å². The number of alkyl halides is 3. The minimum atomic E-state index is -4.54. The third-order valence-electron chi connectivity index (χ3n) is 4.56. The van der Waals surface area contributed by atoms with E-state index in [0.717, 1.165) is 11.6 Å². The van der Waals surface area contributed by atoms with Gasteiger partial charge in [-0.05, 0) is 55.6 Å². The molecule has 1 aromatic heterocycles. The molecule has 1 aliphatic heterocycles. The lowest BCUT2D eigenvalue weighted by molar-refractivity contribution is -0.141. The average molecular weight is 389 g/mol. The van der Waals surface area contributed by atoms with Gasteiger partial charge < -0.3 is 5.73 Å². The molecule has 4 nitrogen and oxygen atoms in total. The minimum Gasteiger partial charge on any atom is -0.382 e. The highest BCUT2D eigenvalue weighted by Crippen LogP contribution is 2.35. The Balaban J connectivity index is 1.66. The average Bonchev–Trinajstić information content (AvgIpc) is 2.58. The summed E-state index contributed by atoms with van der Waals surface area (Å²) in [6.07, 6.45) is -3.23. The zero-order valence-corrected chi connectivity index (χ0v) is 14.5. The smallest absolute Gasteiger partial charge is 0.382 e. The lowest BCUT2D eigenvalue weighted by Gasteiger charge is -2.32. The van der Waals surface area contributed by atoms with E-state index in [9.17, 15) is 17.6 Å². The summed E-state index contributed by atoms with van der Waals surface area (Å²) in [5.74, 6) is -0.517. The molecule has 1 aromatic carbocycles. The van der Waals surface area contributed by atoms with Crippen LogP contribution < -0.4 is 5.73 Å². The molecule has 1 saturated heterocycles. The van der Waals surface area contributed by atoms with Crippen molar-refractivity contribution in [2.75, 3.05) is 18.8 Å². The molecule has 26 heavy (non-hydrogen) atoms. The fraction of sp³-hybridized carbons (Fsp3) is 0.412. The van der Waals surface area contributed by atoms with Crippen LogP contribution >= 0.6 is 11.6 Å². The topological polar surface area (TPSA) is 55.0 Å². The minimum absolute atomic E-state index is 0.0433. The highest BCUT2D eigenvalue weighted by atomic mass is 35.5. The van der Waals surface area contributed by atoms with Crippen molar-refractivity contribution in [2.24, 2.45) is 0 Å². The van der Waals surface area contributed by atoms with E-state index >= 15 is 0 Å². The van der Waals surface area contributed by atoms with Gasteiger partial charge >= 0.3 is 6.18 Å². The zero-order valence-electron chi connectivity index (χ0n) is 13.7. The first kappa shape index (κ1) is 18.8. The van der Waals surface area contributed by atoms with Crippen molar-refractivity contribution in [3.8, 4) is 0 Å². The lowest BCUT2D eigenvalue weighted by Crippen LogP contribution is -2.33. The molecule has 0 bridgehead atoms. The summed E-state index contributed by atoms with van der Waals surface area (Å²) >= 11 is 5.79. The van der Waals surface area contributed by atoms with Gasteiger partial charge in [-0.2, -0.15) is 13.2 Å². The fourth-order valence-electron chi connectivity index (χ4n) is 3.18. The van der Waals surface area contributed by atoms with Crippen LogP contribution in [0.1, 0.15) is 35.6 Å². The lowest BCUT2D eigenvalue weighted by atomic mass is 9.89. The van der Waals surface area contributed by atoms with Crippen molar-refractivity contribution in [1.29, 1.82) is 0 Å². The quantitative estimate of drug-likeness (QED) is 0.799. The summed E-state index contributed by atoms with van der Waals surface area (Å²) in [5, 5.41) is 6.68. The first-order valence-corrected chi connectivity index (χ1v) is 8.48. The summed E-state index contributed by atoms with van der Waals surface area (Å²) in [6.45, 7) is 1.97. The van der Waals surface area contributed by atoms with Gasteiger partial charge in [0.05, 0.1) is 5.02 Å². The molecule has 2 aromatic rings. The van der Waals surface area contributed by atoms with Gasteiger partial charge in [-0.3, -0.25) is 4.90 Å². The van der Waals surface area contributed by atoms with Crippen molar-refractivity contribution in [2.45, 2.75) is 31.5 Å².